The van der Waals surface area contributed by atoms with Gasteiger partial charge in [-0.1, -0.05) is 36.0 Å². The lowest BCUT2D eigenvalue weighted by Gasteiger charge is -2.19. The predicted molar refractivity (Wildman–Crippen MR) is 70.6 cm³/mol. The molecule has 0 unspecified atom stereocenters. The fourth-order valence-electron chi connectivity index (χ4n) is 1.58. The van der Waals surface area contributed by atoms with Gasteiger partial charge in [-0.3, -0.25) is 0 Å². The van der Waals surface area contributed by atoms with E-state index < -0.39 is 0 Å². The highest BCUT2D eigenvalue weighted by atomic mass is 79.9. The van der Waals surface area contributed by atoms with Gasteiger partial charge >= 0.3 is 0 Å². The Balaban J connectivity index is 0.000000853. The summed E-state index contributed by atoms with van der Waals surface area (Å²) in [5, 5.41) is 3.42. The van der Waals surface area contributed by atoms with Gasteiger partial charge in [0, 0.05) is 9.79 Å². The fraction of sp³-hybridized carbons (Fsp3) is 0. The van der Waals surface area contributed by atoms with E-state index in [4.69, 9.17) is 0 Å². The predicted octanol–water partition coefficient (Wildman–Crippen LogP) is 4.47. The topological polar surface area (TPSA) is 12.0 Å². The van der Waals surface area contributed by atoms with Crippen molar-refractivity contribution in [1.82, 2.24) is 0 Å². The van der Waals surface area contributed by atoms with E-state index in [0.717, 1.165) is 0 Å². The zero-order valence-corrected chi connectivity index (χ0v) is 10.5. The van der Waals surface area contributed by atoms with Crippen LogP contribution in [0.15, 0.2) is 58.3 Å². The van der Waals surface area contributed by atoms with E-state index in [0.29, 0.717) is 0 Å². The maximum Gasteiger partial charge on any atom is 0.0526 e. The quantitative estimate of drug-likeness (QED) is 0.652. The first kappa shape index (κ1) is 10.6. The number of anilines is 2. The molecule has 0 spiro atoms. The van der Waals surface area contributed by atoms with Crippen molar-refractivity contribution in [1.29, 1.82) is 0 Å². The van der Waals surface area contributed by atoms with Gasteiger partial charge in [-0.15, -0.1) is 17.0 Å². The Bertz CT molecular complexity index is 397. The highest BCUT2D eigenvalue weighted by Gasteiger charge is 2.13. The first-order chi connectivity index (χ1) is 6.93. The van der Waals surface area contributed by atoms with Gasteiger partial charge in [-0.25, -0.2) is 0 Å². The molecule has 1 N–H and O–H groups in total. The Hall–Kier alpha value is -0.930. The summed E-state index contributed by atoms with van der Waals surface area (Å²) in [5.74, 6) is 0. The van der Waals surface area contributed by atoms with Gasteiger partial charge in [0.25, 0.3) is 0 Å². The lowest BCUT2D eigenvalue weighted by Crippen LogP contribution is -1.98. The molecule has 1 nitrogen and oxygen atoms in total. The summed E-state index contributed by atoms with van der Waals surface area (Å²) < 4.78 is 0. The van der Waals surface area contributed by atoms with Gasteiger partial charge in [0.05, 0.1) is 11.4 Å². The van der Waals surface area contributed by atoms with Crippen molar-refractivity contribution in [3.05, 3.63) is 48.5 Å². The fourth-order valence-corrected chi connectivity index (χ4v) is 2.57. The molecule has 1 aliphatic heterocycles. The first-order valence-electron chi connectivity index (χ1n) is 4.56. The Morgan fingerprint density at radius 3 is 1.73 bits per heavy atom. The third-order valence-electron chi connectivity index (χ3n) is 2.26. The largest absolute Gasteiger partial charge is 0.354 e. The summed E-state index contributed by atoms with van der Waals surface area (Å²) in [6.45, 7) is 0. The molecule has 15 heavy (non-hydrogen) atoms. The van der Waals surface area contributed by atoms with Crippen molar-refractivity contribution in [2.24, 2.45) is 0 Å². The minimum absolute atomic E-state index is 0. The van der Waals surface area contributed by atoms with Crippen molar-refractivity contribution in [2.45, 2.75) is 9.79 Å². The summed E-state index contributed by atoms with van der Waals surface area (Å²) >= 11 is 1.82. The van der Waals surface area contributed by atoms with E-state index >= 15 is 0 Å². The van der Waals surface area contributed by atoms with Crippen LogP contribution in [0.25, 0.3) is 0 Å². The van der Waals surface area contributed by atoms with Gasteiger partial charge in [0.2, 0.25) is 0 Å². The zero-order valence-electron chi connectivity index (χ0n) is 7.94. The lowest BCUT2D eigenvalue weighted by atomic mass is 10.2. The second-order valence-electron chi connectivity index (χ2n) is 3.22. The minimum atomic E-state index is 0. The van der Waals surface area contributed by atoms with Crippen LogP contribution in [0.5, 0.6) is 0 Å². The number of rotatable bonds is 0. The molecule has 0 saturated carbocycles. The van der Waals surface area contributed by atoms with Crippen LogP contribution >= 0.6 is 28.7 Å². The summed E-state index contributed by atoms with van der Waals surface area (Å²) in [4.78, 5) is 2.59. The molecule has 0 aliphatic carbocycles. The molecule has 1 heterocycles. The average molecular weight is 280 g/mol. The van der Waals surface area contributed by atoms with Crippen LogP contribution in [-0.2, 0) is 0 Å². The van der Waals surface area contributed by atoms with E-state index in [9.17, 15) is 0 Å². The molecule has 0 amide bonds. The van der Waals surface area contributed by atoms with Crippen LogP contribution < -0.4 is 5.32 Å². The van der Waals surface area contributed by atoms with Crippen LogP contribution in [0, 0.1) is 0 Å². The number of fused-ring (bicyclic) bond motifs is 2. The third-order valence-corrected chi connectivity index (χ3v) is 3.42. The van der Waals surface area contributed by atoms with Crippen molar-refractivity contribution >= 4 is 40.1 Å². The second-order valence-corrected chi connectivity index (χ2v) is 4.30. The van der Waals surface area contributed by atoms with Crippen molar-refractivity contribution in [3.63, 3.8) is 0 Å². The van der Waals surface area contributed by atoms with E-state index in [2.05, 4.69) is 53.8 Å². The Labute approximate surface area is 104 Å². The molecule has 0 aromatic heterocycles. The maximum absolute atomic E-state index is 3.42. The molecule has 76 valence electrons. The van der Waals surface area contributed by atoms with Crippen LogP contribution in [0.1, 0.15) is 0 Å². The monoisotopic (exact) mass is 279 g/mol. The van der Waals surface area contributed by atoms with Crippen LogP contribution in [0.2, 0.25) is 0 Å². The number of benzene rings is 2. The van der Waals surface area contributed by atoms with Crippen LogP contribution in [0.3, 0.4) is 0 Å². The van der Waals surface area contributed by atoms with Gasteiger partial charge in [-0.2, -0.15) is 0 Å². The summed E-state index contributed by atoms with van der Waals surface area (Å²) in [6.07, 6.45) is 0. The number of halogens is 1. The second kappa shape index (κ2) is 4.29. The van der Waals surface area contributed by atoms with Crippen LogP contribution in [0.4, 0.5) is 11.4 Å². The molecule has 2 aromatic rings. The SMILES string of the molecule is Br.c1ccc2c(c1)Nc1ccccc1S2. The van der Waals surface area contributed by atoms with Gasteiger partial charge in [-0.05, 0) is 24.3 Å². The van der Waals surface area contributed by atoms with Crippen LogP contribution in [-0.4, -0.2) is 0 Å². The molecule has 0 saturated heterocycles. The summed E-state index contributed by atoms with van der Waals surface area (Å²) in [7, 11) is 0. The first-order valence-corrected chi connectivity index (χ1v) is 5.38. The standard InChI is InChI=1S/C12H9NS.BrH/c1-3-7-11-9(5-1)13-10-6-2-4-8-12(10)14-11;/h1-8,13H;1H. The van der Waals surface area contributed by atoms with E-state index in [1.54, 1.807) is 0 Å². The van der Waals surface area contributed by atoms with Gasteiger partial charge in [0.1, 0.15) is 0 Å². The lowest BCUT2D eigenvalue weighted by molar-refractivity contribution is 1.32. The minimum Gasteiger partial charge on any atom is -0.354 e. The molecule has 1 aliphatic rings. The number of hydrogen-bond acceptors (Lipinski definition) is 2. The highest BCUT2D eigenvalue weighted by Crippen LogP contribution is 2.43. The smallest absolute Gasteiger partial charge is 0.0526 e. The molecule has 0 fully saturated rings. The van der Waals surface area contributed by atoms with Crippen molar-refractivity contribution in [2.75, 3.05) is 5.32 Å². The van der Waals surface area contributed by atoms with E-state index in [1.807, 2.05) is 11.8 Å². The maximum atomic E-state index is 3.42. The average Bonchev–Trinajstić information content (AvgIpc) is 2.26. The highest BCUT2D eigenvalue weighted by molar-refractivity contribution is 8.93. The van der Waals surface area contributed by atoms with Gasteiger partial charge < -0.3 is 5.32 Å². The Kier molecular flexibility index (Phi) is 3.03. The number of para-hydroxylation sites is 2. The number of hydrogen-bond donors (Lipinski definition) is 1. The third kappa shape index (κ3) is 1.90. The molecule has 0 atom stereocenters. The van der Waals surface area contributed by atoms with E-state index in [1.165, 1.54) is 21.2 Å². The van der Waals surface area contributed by atoms with Gasteiger partial charge in [0.15, 0.2) is 0 Å². The number of nitrogens with one attached hydrogen (secondary N) is 1. The Morgan fingerprint density at radius 1 is 0.733 bits per heavy atom. The summed E-state index contributed by atoms with van der Waals surface area (Å²) in [5.41, 5.74) is 2.41. The van der Waals surface area contributed by atoms with E-state index in [-0.39, 0.29) is 17.0 Å². The van der Waals surface area contributed by atoms with Crippen molar-refractivity contribution in [3.8, 4) is 0 Å². The molecule has 2 aromatic carbocycles. The molecule has 3 rings (SSSR count). The Morgan fingerprint density at radius 2 is 1.20 bits per heavy atom. The normalized spacial score (nSPS) is 11.7. The summed E-state index contributed by atoms with van der Waals surface area (Å²) in [6, 6.07) is 16.8. The molecular formula is C12H10BrNS. The van der Waals surface area contributed by atoms with Crippen molar-refractivity contribution < 1.29 is 0 Å². The molecular weight excluding hydrogens is 270 g/mol. The molecule has 0 radical (unpaired) electrons. The molecule has 3 heteroatoms. The molecule has 0 bridgehead atoms. The zero-order chi connectivity index (χ0) is 9.38.